The number of hydrogen-bond acceptors (Lipinski definition) is 7. The van der Waals surface area contributed by atoms with Crippen LogP contribution in [0.15, 0.2) is 60.7 Å². The number of benzene rings is 2. The van der Waals surface area contributed by atoms with Gasteiger partial charge < -0.3 is 24.1 Å². The summed E-state index contributed by atoms with van der Waals surface area (Å²) < 4.78 is 18.2. The first kappa shape index (κ1) is 29.3. The molecule has 8 nitrogen and oxygen atoms in total. The van der Waals surface area contributed by atoms with Gasteiger partial charge in [-0.2, -0.15) is 0 Å². The van der Waals surface area contributed by atoms with Crippen LogP contribution in [-0.2, 0) is 18.7 Å². The van der Waals surface area contributed by atoms with Crippen LogP contribution in [0, 0.1) is 0 Å². The summed E-state index contributed by atoms with van der Waals surface area (Å²) in [6.45, 7) is 12.2. The van der Waals surface area contributed by atoms with Gasteiger partial charge >= 0.3 is 12.1 Å². The third-order valence-electron chi connectivity index (χ3n) is 7.59. The first-order chi connectivity index (χ1) is 18.3. The number of carbonyl (C=O) groups excluding carboxylic acids is 2. The Morgan fingerprint density at radius 1 is 0.949 bits per heavy atom. The van der Waals surface area contributed by atoms with Gasteiger partial charge in [0.05, 0.1) is 18.7 Å². The van der Waals surface area contributed by atoms with Gasteiger partial charge in [-0.25, -0.2) is 9.59 Å². The smallest absolute Gasteiger partial charge is 0.411 e. The first-order valence-electron chi connectivity index (χ1n) is 13.6. The Hall–Kier alpha value is -2.72. The van der Waals surface area contributed by atoms with E-state index in [0.29, 0.717) is 12.8 Å². The molecule has 0 aromatic heterocycles. The zero-order valence-corrected chi connectivity index (χ0v) is 24.7. The third kappa shape index (κ3) is 5.77. The highest BCUT2D eigenvalue weighted by molar-refractivity contribution is 6.99. The van der Waals surface area contributed by atoms with Gasteiger partial charge in [0.2, 0.25) is 0 Å². The van der Waals surface area contributed by atoms with Gasteiger partial charge in [-0.1, -0.05) is 81.4 Å². The van der Waals surface area contributed by atoms with Crippen LogP contribution in [0.5, 0.6) is 0 Å². The van der Waals surface area contributed by atoms with E-state index in [-0.39, 0.29) is 17.7 Å². The summed E-state index contributed by atoms with van der Waals surface area (Å²) >= 11 is 0. The lowest BCUT2D eigenvalue weighted by Gasteiger charge is -2.44. The molecule has 0 unspecified atom stereocenters. The van der Waals surface area contributed by atoms with Crippen LogP contribution < -0.4 is 10.4 Å². The molecule has 2 heterocycles. The monoisotopic (exact) mass is 555 g/mol. The molecule has 4 rings (SSSR count). The molecule has 0 radical (unpaired) electrons. The summed E-state index contributed by atoms with van der Waals surface area (Å²) in [6, 6.07) is 19.5. The number of ether oxygens (including phenoxy) is 2. The maximum Gasteiger partial charge on any atom is 0.411 e. The Kier molecular flexibility index (Phi) is 8.28. The van der Waals surface area contributed by atoms with Crippen molar-refractivity contribution in [1.82, 2.24) is 4.90 Å². The number of hydrogen-bond donors (Lipinski definition) is 2. The number of nitrogens with zero attached hydrogens (tertiary/aromatic N) is 1. The molecule has 2 fully saturated rings. The largest absolute Gasteiger partial charge is 0.455 e. The molecule has 0 spiro atoms. The number of carbonyl (C=O) groups is 2. The summed E-state index contributed by atoms with van der Waals surface area (Å²) in [7, 11) is -2.87. The van der Waals surface area contributed by atoms with Crippen LogP contribution in [-0.4, -0.2) is 78.1 Å². The maximum absolute atomic E-state index is 13.5. The van der Waals surface area contributed by atoms with E-state index in [4.69, 9.17) is 13.9 Å². The van der Waals surface area contributed by atoms with E-state index in [0.717, 1.165) is 10.4 Å². The number of esters is 1. The lowest BCUT2D eigenvalue weighted by Crippen LogP contribution is -2.67. The fourth-order valence-electron chi connectivity index (χ4n) is 5.88. The average Bonchev–Trinajstić information content (AvgIpc) is 3.40. The molecule has 212 valence electrons. The van der Waals surface area contributed by atoms with Crippen LogP contribution in [0.4, 0.5) is 4.79 Å². The van der Waals surface area contributed by atoms with Crippen molar-refractivity contribution in [2.45, 2.75) is 95.4 Å². The number of aliphatic hydroxyl groups excluding tert-OH is 2. The van der Waals surface area contributed by atoms with Crippen LogP contribution in [0.3, 0.4) is 0 Å². The van der Waals surface area contributed by atoms with Crippen molar-refractivity contribution in [3.05, 3.63) is 60.7 Å². The highest BCUT2D eigenvalue weighted by atomic mass is 28.4. The minimum atomic E-state index is -2.87. The Morgan fingerprint density at radius 2 is 1.49 bits per heavy atom. The molecule has 5 atom stereocenters. The predicted molar refractivity (Wildman–Crippen MR) is 150 cm³/mol. The summed E-state index contributed by atoms with van der Waals surface area (Å²) in [5.41, 5.74) is -0.752. The van der Waals surface area contributed by atoms with Crippen molar-refractivity contribution in [2.24, 2.45) is 0 Å². The summed E-state index contributed by atoms with van der Waals surface area (Å²) in [4.78, 5) is 27.1. The van der Waals surface area contributed by atoms with E-state index in [1.165, 1.54) is 0 Å². The van der Waals surface area contributed by atoms with Crippen LogP contribution in [0.25, 0.3) is 0 Å². The van der Waals surface area contributed by atoms with Gasteiger partial charge in [0.15, 0.2) is 12.2 Å². The fourth-order valence-corrected chi connectivity index (χ4v) is 10.5. The second-order valence-corrected chi connectivity index (χ2v) is 16.8. The Balaban J connectivity index is 1.71. The zero-order valence-electron chi connectivity index (χ0n) is 23.7. The molecule has 39 heavy (non-hydrogen) atoms. The Labute approximate surface area is 232 Å². The minimum Gasteiger partial charge on any atom is -0.455 e. The van der Waals surface area contributed by atoms with Crippen molar-refractivity contribution in [3.8, 4) is 0 Å². The number of amides is 1. The second kappa shape index (κ2) is 11.0. The molecule has 2 aromatic carbocycles. The van der Waals surface area contributed by atoms with E-state index in [1.54, 1.807) is 25.7 Å². The van der Waals surface area contributed by atoms with Crippen LogP contribution in [0.2, 0.25) is 5.04 Å². The van der Waals surface area contributed by atoms with Gasteiger partial charge in [-0.05, 0) is 49.0 Å². The summed E-state index contributed by atoms with van der Waals surface area (Å²) in [5, 5.41) is 22.6. The van der Waals surface area contributed by atoms with Gasteiger partial charge in [-0.3, -0.25) is 4.90 Å². The number of aliphatic hydroxyl groups is 2. The number of likely N-dealkylation sites (tertiary alicyclic amines) is 1. The van der Waals surface area contributed by atoms with Crippen molar-refractivity contribution in [1.29, 1.82) is 0 Å². The molecule has 0 bridgehead atoms. The molecular weight excluding hydrogens is 514 g/mol. The van der Waals surface area contributed by atoms with E-state index >= 15 is 0 Å². The Bertz CT molecular complexity index is 1110. The van der Waals surface area contributed by atoms with Gasteiger partial charge in [0.1, 0.15) is 11.7 Å². The number of cyclic esters (lactones) is 1. The van der Waals surface area contributed by atoms with E-state index in [9.17, 15) is 19.8 Å². The highest BCUT2D eigenvalue weighted by Crippen LogP contribution is 2.39. The van der Waals surface area contributed by atoms with E-state index in [1.807, 2.05) is 36.4 Å². The van der Waals surface area contributed by atoms with Crippen molar-refractivity contribution in [3.63, 3.8) is 0 Å². The first-order valence-corrected chi connectivity index (χ1v) is 15.5. The normalized spacial score (nSPS) is 26.0. The molecule has 2 N–H and O–H groups in total. The van der Waals surface area contributed by atoms with Crippen molar-refractivity contribution in [2.75, 3.05) is 6.61 Å². The molecule has 0 saturated carbocycles. The molecule has 2 aromatic rings. The Morgan fingerprint density at radius 3 is 1.92 bits per heavy atom. The van der Waals surface area contributed by atoms with Crippen LogP contribution in [0.1, 0.15) is 54.4 Å². The van der Waals surface area contributed by atoms with Gasteiger partial charge in [-0.15, -0.1) is 0 Å². The van der Waals surface area contributed by atoms with E-state index < -0.39 is 50.3 Å². The van der Waals surface area contributed by atoms with Gasteiger partial charge in [0, 0.05) is 0 Å². The van der Waals surface area contributed by atoms with Crippen LogP contribution >= 0.6 is 0 Å². The van der Waals surface area contributed by atoms with Crippen molar-refractivity contribution >= 4 is 30.8 Å². The molecular formula is C30H41NO7Si. The zero-order chi connectivity index (χ0) is 28.6. The lowest BCUT2D eigenvalue weighted by atomic mass is 10.0. The molecule has 2 saturated heterocycles. The molecule has 1 amide bonds. The lowest BCUT2D eigenvalue weighted by molar-refractivity contribution is -0.149. The molecule has 0 aliphatic carbocycles. The summed E-state index contributed by atoms with van der Waals surface area (Å²) in [5.74, 6) is -0.886. The maximum atomic E-state index is 13.5. The molecule has 2 aliphatic rings. The van der Waals surface area contributed by atoms with E-state index in [2.05, 4.69) is 45.0 Å². The predicted octanol–water partition coefficient (Wildman–Crippen LogP) is 2.98. The topological polar surface area (TPSA) is 106 Å². The fraction of sp³-hybridized carbons (Fsp3) is 0.533. The quantitative estimate of drug-likeness (QED) is 0.417. The standard InChI is InChI=1S/C30H41NO7Si/c1-29(2,3)38-28(35)31-20(17-18-23(31)26-24(32)25(33)27(34)37-26)19-36-39(30(4,5)6,21-13-9-7-10-14-21)22-15-11-8-12-16-22/h7-16,20,23-26,32-33H,17-19H2,1-6H3/t20-,23-,24+,25+,26+/m0/s1. The van der Waals surface area contributed by atoms with Crippen molar-refractivity contribution < 1.29 is 33.7 Å². The molecule has 9 heteroatoms. The third-order valence-corrected chi connectivity index (χ3v) is 12.6. The molecule has 2 aliphatic heterocycles. The van der Waals surface area contributed by atoms with Gasteiger partial charge in [0.25, 0.3) is 8.32 Å². The minimum absolute atomic E-state index is 0.238. The summed E-state index contributed by atoms with van der Waals surface area (Å²) in [6.07, 6.45) is -3.63. The second-order valence-electron chi connectivity index (χ2n) is 12.5. The highest BCUT2D eigenvalue weighted by Gasteiger charge is 2.55. The SMILES string of the molecule is CC(C)(C)OC(=O)N1[C@H](CO[Si](c2ccccc2)(c2ccccc2)C(C)(C)C)CC[C@H]1[C@H]1OC(=O)[C@H](O)[C@H]1O. The average molecular weight is 556 g/mol. The number of rotatable bonds is 6.